The number of nitrogens with zero attached hydrogens (tertiary/aromatic N) is 4. The molecule has 25 heavy (non-hydrogen) atoms. The van der Waals surface area contributed by atoms with Crippen LogP contribution >= 0.6 is 27.5 Å². The monoisotopic (exact) mass is 428 g/mol. The summed E-state index contributed by atoms with van der Waals surface area (Å²) in [6, 6.07) is 4.46. The first-order chi connectivity index (χ1) is 12.0. The van der Waals surface area contributed by atoms with Gasteiger partial charge >= 0.3 is 0 Å². The van der Waals surface area contributed by atoms with Crippen molar-refractivity contribution in [1.29, 1.82) is 0 Å². The molecular formula is C17H19BrClFN4O. The van der Waals surface area contributed by atoms with Crippen LogP contribution in [0.2, 0.25) is 5.02 Å². The molecule has 0 unspecified atom stereocenters. The lowest BCUT2D eigenvalue weighted by molar-refractivity contribution is 0.0621. The number of aromatic nitrogens is 2. The highest BCUT2D eigenvalue weighted by Crippen LogP contribution is 2.21. The van der Waals surface area contributed by atoms with E-state index in [0.29, 0.717) is 30.4 Å². The Kier molecular flexibility index (Phi) is 5.76. The highest BCUT2D eigenvalue weighted by atomic mass is 79.9. The van der Waals surface area contributed by atoms with Gasteiger partial charge in [0, 0.05) is 50.5 Å². The molecule has 134 valence electrons. The van der Waals surface area contributed by atoms with E-state index in [1.807, 2.05) is 18.0 Å². The van der Waals surface area contributed by atoms with Crippen LogP contribution in [0.25, 0.3) is 0 Å². The standard InChI is InChI=1S/C17H19BrClFN4O/c1-2-24-11-14(18)16(21-24)17(25)23-7-5-22(6-8-23)10-12-3-4-13(20)9-15(12)19/h3-4,9,11H,2,5-8,10H2,1H3. The predicted molar refractivity (Wildman–Crippen MR) is 98.2 cm³/mol. The summed E-state index contributed by atoms with van der Waals surface area (Å²) in [7, 11) is 0. The molecular weight excluding hydrogens is 411 g/mol. The van der Waals surface area contributed by atoms with Gasteiger partial charge in [0.2, 0.25) is 0 Å². The minimum Gasteiger partial charge on any atom is -0.335 e. The van der Waals surface area contributed by atoms with E-state index in [1.54, 1.807) is 10.7 Å². The molecule has 5 nitrogen and oxygen atoms in total. The summed E-state index contributed by atoms with van der Waals surface area (Å²) in [5.74, 6) is -0.389. The number of benzene rings is 1. The van der Waals surface area contributed by atoms with Gasteiger partial charge in [-0.15, -0.1) is 0 Å². The fraction of sp³-hybridized carbons (Fsp3) is 0.412. The van der Waals surface area contributed by atoms with Gasteiger partial charge in [-0.1, -0.05) is 17.7 Å². The zero-order valence-corrected chi connectivity index (χ0v) is 16.2. The lowest BCUT2D eigenvalue weighted by Crippen LogP contribution is -2.48. The second kappa shape index (κ2) is 7.85. The molecule has 2 aromatic rings. The number of halogens is 3. The summed E-state index contributed by atoms with van der Waals surface area (Å²) in [4.78, 5) is 16.7. The maximum Gasteiger partial charge on any atom is 0.275 e. The van der Waals surface area contributed by atoms with Crippen molar-refractivity contribution in [3.05, 3.63) is 51.0 Å². The second-order valence-electron chi connectivity index (χ2n) is 5.99. The van der Waals surface area contributed by atoms with E-state index in [4.69, 9.17) is 11.6 Å². The smallest absolute Gasteiger partial charge is 0.275 e. The van der Waals surface area contributed by atoms with Crippen LogP contribution in [0.3, 0.4) is 0 Å². The highest BCUT2D eigenvalue weighted by molar-refractivity contribution is 9.10. The third kappa shape index (κ3) is 4.22. The molecule has 1 aliphatic rings. The van der Waals surface area contributed by atoms with Crippen molar-refractivity contribution in [2.45, 2.75) is 20.0 Å². The van der Waals surface area contributed by atoms with E-state index in [1.165, 1.54) is 12.1 Å². The first-order valence-electron chi connectivity index (χ1n) is 8.16. The van der Waals surface area contributed by atoms with Crippen LogP contribution in [0.15, 0.2) is 28.9 Å². The molecule has 1 aliphatic heterocycles. The normalized spacial score (nSPS) is 15.6. The van der Waals surface area contributed by atoms with E-state index in [-0.39, 0.29) is 11.7 Å². The minimum atomic E-state index is -0.332. The number of hydrogen-bond donors (Lipinski definition) is 0. The molecule has 1 saturated heterocycles. The summed E-state index contributed by atoms with van der Waals surface area (Å²) in [6.07, 6.45) is 1.82. The highest BCUT2D eigenvalue weighted by Gasteiger charge is 2.25. The molecule has 1 aromatic carbocycles. The number of carbonyl (C=O) groups excluding carboxylic acids is 1. The average Bonchev–Trinajstić information content (AvgIpc) is 2.98. The van der Waals surface area contributed by atoms with Gasteiger partial charge in [0.05, 0.1) is 4.47 Å². The zero-order valence-electron chi connectivity index (χ0n) is 13.9. The van der Waals surface area contributed by atoms with Crippen LogP contribution in [0, 0.1) is 5.82 Å². The van der Waals surface area contributed by atoms with Gasteiger partial charge in [-0.2, -0.15) is 5.10 Å². The Hall–Kier alpha value is -1.44. The number of aryl methyl sites for hydroxylation is 1. The molecule has 1 fully saturated rings. The lowest BCUT2D eigenvalue weighted by Gasteiger charge is -2.34. The molecule has 0 atom stereocenters. The van der Waals surface area contributed by atoms with E-state index < -0.39 is 0 Å². The van der Waals surface area contributed by atoms with Crippen LogP contribution in [-0.2, 0) is 13.1 Å². The van der Waals surface area contributed by atoms with Gasteiger partial charge in [-0.3, -0.25) is 14.4 Å². The van der Waals surface area contributed by atoms with E-state index in [2.05, 4.69) is 25.9 Å². The van der Waals surface area contributed by atoms with Crippen LogP contribution in [-0.4, -0.2) is 51.7 Å². The van der Waals surface area contributed by atoms with Gasteiger partial charge < -0.3 is 4.90 Å². The zero-order chi connectivity index (χ0) is 18.0. The van der Waals surface area contributed by atoms with Crippen molar-refractivity contribution in [1.82, 2.24) is 19.6 Å². The van der Waals surface area contributed by atoms with Crippen molar-refractivity contribution in [2.24, 2.45) is 0 Å². The summed E-state index contributed by atoms with van der Waals surface area (Å²) in [5.41, 5.74) is 1.35. The fourth-order valence-corrected chi connectivity index (χ4v) is 3.57. The Bertz CT molecular complexity index is 774. The first-order valence-corrected chi connectivity index (χ1v) is 9.33. The Morgan fingerprint density at radius 3 is 2.64 bits per heavy atom. The predicted octanol–water partition coefficient (Wildman–Crippen LogP) is 3.42. The van der Waals surface area contributed by atoms with E-state index in [9.17, 15) is 9.18 Å². The quantitative estimate of drug-likeness (QED) is 0.748. The molecule has 1 amide bonds. The van der Waals surface area contributed by atoms with Crippen molar-refractivity contribution < 1.29 is 9.18 Å². The SMILES string of the molecule is CCn1cc(Br)c(C(=O)N2CCN(Cc3ccc(F)cc3Cl)CC2)n1. The second-order valence-corrected chi connectivity index (χ2v) is 7.25. The molecule has 3 rings (SSSR count). The summed E-state index contributed by atoms with van der Waals surface area (Å²) in [5, 5.41) is 4.76. The molecule has 8 heteroatoms. The van der Waals surface area contributed by atoms with Gasteiger partial charge in [0.25, 0.3) is 5.91 Å². The molecule has 0 radical (unpaired) electrons. The third-order valence-electron chi connectivity index (χ3n) is 4.31. The van der Waals surface area contributed by atoms with Crippen molar-refractivity contribution >= 4 is 33.4 Å². The van der Waals surface area contributed by atoms with Crippen LogP contribution in [0.4, 0.5) is 4.39 Å². The molecule has 2 heterocycles. The topological polar surface area (TPSA) is 41.4 Å². The molecule has 0 aliphatic carbocycles. The van der Waals surface area contributed by atoms with Gasteiger partial charge in [-0.25, -0.2) is 4.39 Å². The molecule has 0 saturated carbocycles. The fourth-order valence-electron chi connectivity index (χ4n) is 2.85. The first kappa shape index (κ1) is 18.4. The van der Waals surface area contributed by atoms with Crippen molar-refractivity contribution in [3.63, 3.8) is 0 Å². The van der Waals surface area contributed by atoms with Gasteiger partial charge in [-0.05, 0) is 40.5 Å². The summed E-state index contributed by atoms with van der Waals surface area (Å²) in [6.45, 7) is 6.09. The molecule has 0 N–H and O–H groups in total. The van der Waals surface area contributed by atoms with Crippen LogP contribution in [0.5, 0.6) is 0 Å². The van der Waals surface area contributed by atoms with Gasteiger partial charge in [0.1, 0.15) is 5.82 Å². The summed E-state index contributed by atoms with van der Waals surface area (Å²) < 4.78 is 15.6. The number of amides is 1. The van der Waals surface area contributed by atoms with Crippen LogP contribution in [0.1, 0.15) is 23.0 Å². The Morgan fingerprint density at radius 1 is 1.32 bits per heavy atom. The Labute approximate surface area is 159 Å². The average molecular weight is 430 g/mol. The number of piperazine rings is 1. The Balaban J connectivity index is 1.59. The van der Waals surface area contributed by atoms with Gasteiger partial charge in [0.15, 0.2) is 5.69 Å². The lowest BCUT2D eigenvalue weighted by atomic mass is 10.2. The molecule has 0 spiro atoms. The summed E-state index contributed by atoms with van der Waals surface area (Å²) >= 11 is 9.50. The largest absolute Gasteiger partial charge is 0.335 e. The van der Waals surface area contributed by atoms with Crippen LogP contribution < -0.4 is 0 Å². The number of rotatable bonds is 4. The Morgan fingerprint density at radius 2 is 2.04 bits per heavy atom. The minimum absolute atomic E-state index is 0.0569. The van der Waals surface area contributed by atoms with E-state index in [0.717, 1.165) is 29.7 Å². The maximum atomic E-state index is 13.1. The van der Waals surface area contributed by atoms with Crippen molar-refractivity contribution in [3.8, 4) is 0 Å². The van der Waals surface area contributed by atoms with E-state index >= 15 is 0 Å². The molecule has 1 aromatic heterocycles. The number of hydrogen-bond acceptors (Lipinski definition) is 3. The maximum absolute atomic E-state index is 13.1. The van der Waals surface area contributed by atoms with Crippen molar-refractivity contribution in [2.75, 3.05) is 26.2 Å². The molecule has 0 bridgehead atoms. The number of carbonyl (C=O) groups is 1. The third-order valence-corrected chi connectivity index (χ3v) is 5.24.